The van der Waals surface area contributed by atoms with E-state index in [9.17, 15) is 8.42 Å². The Morgan fingerprint density at radius 1 is 1.48 bits per heavy atom. The van der Waals surface area contributed by atoms with Crippen molar-refractivity contribution in [2.45, 2.75) is 19.0 Å². The highest BCUT2D eigenvalue weighted by Gasteiger charge is 2.33. The lowest BCUT2D eigenvalue weighted by Gasteiger charge is -2.31. The van der Waals surface area contributed by atoms with Gasteiger partial charge in [-0.2, -0.15) is 0 Å². The molecule has 126 valence electrons. The number of nitrogens with zero attached hydrogens (tertiary/aromatic N) is 1. The van der Waals surface area contributed by atoms with Gasteiger partial charge in [-0.25, -0.2) is 8.42 Å². The SMILES string of the molecule is C=CCNC(=S)N(Cc1ccc(OC)cc1)[C@@H]1CCS(=O)(=O)C1. The van der Waals surface area contributed by atoms with Crippen LogP contribution < -0.4 is 10.1 Å². The van der Waals surface area contributed by atoms with Gasteiger partial charge in [-0.15, -0.1) is 6.58 Å². The largest absolute Gasteiger partial charge is 0.497 e. The molecule has 0 aliphatic carbocycles. The van der Waals surface area contributed by atoms with Crippen LogP contribution in [0.1, 0.15) is 12.0 Å². The third-order valence-corrected chi connectivity index (χ3v) is 5.95. The lowest BCUT2D eigenvalue weighted by molar-refractivity contribution is 0.323. The van der Waals surface area contributed by atoms with Crippen LogP contribution in [0.3, 0.4) is 0 Å². The minimum Gasteiger partial charge on any atom is -0.497 e. The molecule has 1 fully saturated rings. The molecule has 1 aromatic rings. The number of benzene rings is 1. The van der Waals surface area contributed by atoms with Gasteiger partial charge in [-0.1, -0.05) is 18.2 Å². The summed E-state index contributed by atoms with van der Waals surface area (Å²) in [6, 6.07) is 7.61. The van der Waals surface area contributed by atoms with Gasteiger partial charge < -0.3 is 15.0 Å². The molecule has 5 nitrogen and oxygen atoms in total. The molecule has 1 heterocycles. The summed E-state index contributed by atoms with van der Waals surface area (Å²) in [7, 11) is -1.34. The molecule has 0 aromatic heterocycles. The zero-order valence-corrected chi connectivity index (χ0v) is 14.8. The van der Waals surface area contributed by atoms with Crippen molar-refractivity contribution in [1.29, 1.82) is 0 Å². The first kappa shape index (κ1) is 17.7. The van der Waals surface area contributed by atoms with E-state index in [1.807, 2.05) is 29.2 Å². The second-order valence-corrected chi connectivity index (χ2v) is 8.12. The topological polar surface area (TPSA) is 58.6 Å². The fourth-order valence-corrected chi connectivity index (χ4v) is 4.60. The molecule has 1 aromatic carbocycles. The second kappa shape index (κ2) is 7.79. The number of ether oxygens (including phenoxy) is 1. The van der Waals surface area contributed by atoms with Gasteiger partial charge in [0.15, 0.2) is 14.9 Å². The van der Waals surface area contributed by atoms with Gasteiger partial charge in [-0.05, 0) is 36.3 Å². The van der Waals surface area contributed by atoms with E-state index in [1.165, 1.54) is 0 Å². The lowest BCUT2D eigenvalue weighted by Crippen LogP contribution is -2.46. The molecule has 0 amide bonds. The Bertz CT molecular complexity index is 656. The fraction of sp³-hybridized carbons (Fsp3) is 0.438. The van der Waals surface area contributed by atoms with Crippen molar-refractivity contribution >= 4 is 27.2 Å². The molecule has 0 unspecified atom stereocenters. The van der Waals surface area contributed by atoms with Gasteiger partial charge in [-0.3, -0.25) is 0 Å². The Balaban J connectivity index is 2.15. The number of thiocarbonyl (C=S) groups is 1. The van der Waals surface area contributed by atoms with E-state index in [-0.39, 0.29) is 17.5 Å². The lowest BCUT2D eigenvalue weighted by atomic mass is 10.1. The molecular formula is C16H22N2O3S2. The van der Waals surface area contributed by atoms with Crippen molar-refractivity contribution < 1.29 is 13.2 Å². The number of hydrogen-bond acceptors (Lipinski definition) is 4. The third-order valence-electron chi connectivity index (χ3n) is 3.82. The van der Waals surface area contributed by atoms with Gasteiger partial charge in [0, 0.05) is 19.1 Å². The quantitative estimate of drug-likeness (QED) is 0.620. The fourth-order valence-electron chi connectivity index (χ4n) is 2.58. The zero-order chi connectivity index (χ0) is 16.9. The number of nitrogens with one attached hydrogen (secondary N) is 1. The van der Waals surface area contributed by atoms with Crippen LogP contribution in [0.2, 0.25) is 0 Å². The number of sulfone groups is 1. The van der Waals surface area contributed by atoms with Gasteiger partial charge in [0.2, 0.25) is 0 Å². The van der Waals surface area contributed by atoms with Crippen LogP contribution in [0.4, 0.5) is 0 Å². The number of hydrogen-bond donors (Lipinski definition) is 1. The first-order valence-corrected chi connectivity index (χ1v) is 9.67. The van der Waals surface area contributed by atoms with Crippen LogP contribution in [0, 0.1) is 0 Å². The van der Waals surface area contributed by atoms with Gasteiger partial charge in [0.25, 0.3) is 0 Å². The predicted octanol–water partition coefficient (Wildman–Crippen LogP) is 1.74. The molecule has 0 saturated carbocycles. The van der Waals surface area contributed by atoms with Crippen molar-refractivity contribution in [2.75, 3.05) is 25.2 Å². The van der Waals surface area contributed by atoms with Crippen molar-refractivity contribution in [3.63, 3.8) is 0 Å². The highest BCUT2D eigenvalue weighted by atomic mass is 32.2. The van der Waals surface area contributed by atoms with E-state index in [4.69, 9.17) is 17.0 Å². The molecule has 1 N–H and O–H groups in total. The molecular weight excluding hydrogens is 332 g/mol. The zero-order valence-electron chi connectivity index (χ0n) is 13.2. The van der Waals surface area contributed by atoms with Crippen LogP contribution in [0.15, 0.2) is 36.9 Å². The minimum absolute atomic E-state index is 0.0908. The van der Waals surface area contributed by atoms with E-state index < -0.39 is 9.84 Å². The van der Waals surface area contributed by atoms with Crippen molar-refractivity contribution in [2.24, 2.45) is 0 Å². The Kier molecular flexibility index (Phi) is 6.01. The summed E-state index contributed by atoms with van der Waals surface area (Å²) in [5.41, 5.74) is 1.05. The van der Waals surface area contributed by atoms with Gasteiger partial charge in [0.05, 0.1) is 18.6 Å². The summed E-state index contributed by atoms with van der Waals surface area (Å²) in [6.07, 6.45) is 2.33. The molecule has 1 aliphatic rings. The van der Waals surface area contributed by atoms with E-state index in [0.29, 0.717) is 24.6 Å². The smallest absolute Gasteiger partial charge is 0.169 e. The molecule has 1 aliphatic heterocycles. The Morgan fingerprint density at radius 2 is 2.17 bits per heavy atom. The Hall–Kier alpha value is -1.60. The summed E-state index contributed by atoms with van der Waals surface area (Å²) in [4.78, 5) is 1.96. The van der Waals surface area contributed by atoms with E-state index in [0.717, 1.165) is 11.3 Å². The molecule has 1 saturated heterocycles. The monoisotopic (exact) mass is 354 g/mol. The van der Waals surface area contributed by atoms with E-state index in [1.54, 1.807) is 13.2 Å². The maximum Gasteiger partial charge on any atom is 0.169 e. The molecule has 2 rings (SSSR count). The van der Waals surface area contributed by atoms with Crippen molar-refractivity contribution in [3.8, 4) is 5.75 Å². The average Bonchev–Trinajstić information content (AvgIpc) is 2.90. The molecule has 0 radical (unpaired) electrons. The highest BCUT2D eigenvalue weighted by Crippen LogP contribution is 2.21. The third kappa shape index (κ3) is 4.94. The molecule has 0 spiro atoms. The first-order valence-electron chi connectivity index (χ1n) is 7.44. The highest BCUT2D eigenvalue weighted by molar-refractivity contribution is 7.91. The van der Waals surface area contributed by atoms with E-state index in [2.05, 4.69) is 11.9 Å². The normalized spacial score (nSPS) is 19.1. The number of rotatable bonds is 6. The number of methoxy groups -OCH3 is 1. The molecule has 23 heavy (non-hydrogen) atoms. The summed E-state index contributed by atoms with van der Waals surface area (Å²) >= 11 is 5.45. The van der Waals surface area contributed by atoms with Crippen LogP contribution in [0.5, 0.6) is 5.75 Å². The maximum atomic E-state index is 11.8. The second-order valence-electron chi connectivity index (χ2n) is 5.51. The average molecular weight is 354 g/mol. The van der Waals surface area contributed by atoms with Crippen molar-refractivity contribution in [1.82, 2.24) is 10.2 Å². The Labute approximate surface area is 143 Å². The summed E-state index contributed by atoms with van der Waals surface area (Å²) in [6.45, 7) is 4.78. The summed E-state index contributed by atoms with van der Waals surface area (Å²) in [5, 5.41) is 3.66. The molecule has 1 atom stereocenters. The standard InChI is InChI=1S/C16H22N2O3S2/c1-3-9-17-16(22)18(14-8-10-23(19,20)12-14)11-13-4-6-15(21-2)7-5-13/h3-7,14H,1,8-12H2,2H3,(H,17,22)/t14-/m1/s1. The molecule has 7 heteroatoms. The van der Waals surface area contributed by atoms with Gasteiger partial charge in [0.1, 0.15) is 5.75 Å². The molecule has 0 bridgehead atoms. The van der Waals surface area contributed by atoms with Crippen LogP contribution in [-0.4, -0.2) is 49.6 Å². The van der Waals surface area contributed by atoms with Crippen LogP contribution in [0.25, 0.3) is 0 Å². The maximum absolute atomic E-state index is 11.8. The minimum atomic E-state index is -2.97. The van der Waals surface area contributed by atoms with E-state index >= 15 is 0 Å². The van der Waals surface area contributed by atoms with Crippen LogP contribution in [-0.2, 0) is 16.4 Å². The first-order chi connectivity index (χ1) is 10.9. The Morgan fingerprint density at radius 3 is 2.70 bits per heavy atom. The van der Waals surface area contributed by atoms with Crippen LogP contribution >= 0.6 is 12.2 Å². The predicted molar refractivity (Wildman–Crippen MR) is 96.4 cm³/mol. The van der Waals surface area contributed by atoms with Gasteiger partial charge >= 0.3 is 0 Å². The summed E-state index contributed by atoms with van der Waals surface area (Å²) in [5.74, 6) is 1.16. The van der Waals surface area contributed by atoms with Crippen molar-refractivity contribution in [3.05, 3.63) is 42.5 Å². The summed E-state index contributed by atoms with van der Waals surface area (Å²) < 4.78 is 28.7.